The van der Waals surface area contributed by atoms with Gasteiger partial charge in [-0.2, -0.15) is 9.41 Å². The third-order valence-electron chi connectivity index (χ3n) is 5.12. The highest BCUT2D eigenvalue weighted by Crippen LogP contribution is 2.25. The van der Waals surface area contributed by atoms with Crippen molar-refractivity contribution in [2.24, 2.45) is 11.0 Å². The molecule has 1 heterocycles. The van der Waals surface area contributed by atoms with Crippen LogP contribution in [0.5, 0.6) is 5.75 Å². The van der Waals surface area contributed by atoms with E-state index in [0.29, 0.717) is 23.6 Å². The number of nitrogens with zero attached hydrogens (tertiary/aromatic N) is 2. The number of hydrazone groups is 1. The van der Waals surface area contributed by atoms with Gasteiger partial charge in [0.2, 0.25) is 15.9 Å². The molecule has 30 heavy (non-hydrogen) atoms. The average Bonchev–Trinajstić information content (AvgIpc) is 2.77. The van der Waals surface area contributed by atoms with Gasteiger partial charge in [-0.25, -0.2) is 13.8 Å². The summed E-state index contributed by atoms with van der Waals surface area (Å²) in [6, 6.07) is 13.5. The highest BCUT2D eigenvalue weighted by Gasteiger charge is 2.32. The van der Waals surface area contributed by atoms with Gasteiger partial charge in [-0.1, -0.05) is 11.6 Å². The molecule has 9 heteroatoms. The Kier molecular flexibility index (Phi) is 7.12. The van der Waals surface area contributed by atoms with Crippen LogP contribution in [0.25, 0.3) is 0 Å². The number of piperidine rings is 1. The quantitative estimate of drug-likeness (QED) is 0.541. The molecule has 0 unspecified atom stereocenters. The molecule has 1 aliphatic heterocycles. The van der Waals surface area contributed by atoms with Crippen molar-refractivity contribution in [2.45, 2.75) is 24.7 Å². The Morgan fingerprint density at radius 3 is 2.27 bits per heavy atom. The zero-order valence-corrected chi connectivity index (χ0v) is 18.4. The van der Waals surface area contributed by atoms with Crippen molar-refractivity contribution in [1.82, 2.24) is 9.73 Å². The van der Waals surface area contributed by atoms with Crippen LogP contribution in [0.4, 0.5) is 0 Å². The van der Waals surface area contributed by atoms with Gasteiger partial charge in [0.1, 0.15) is 5.75 Å². The number of amides is 1. The number of carbonyl (C=O) groups is 1. The molecule has 1 N–H and O–H groups in total. The van der Waals surface area contributed by atoms with Gasteiger partial charge in [0.25, 0.3) is 0 Å². The first kappa shape index (κ1) is 22.3. The Labute approximate surface area is 181 Å². The number of rotatable bonds is 6. The van der Waals surface area contributed by atoms with Crippen molar-refractivity contribution < 1.29 is 17.9 Å². The monoisotopic (exact) mass is 449 g/mol. The van der Waals surface area contributed by atoms with E-state index in [-0.39, 0.29) is 29.8 Å². The van der Waals surface area contributed by atoms with Gasteiger partial charge in [-0.15, -0.1) is 0 Å². The average molecular weight is 450 g/mol. The minimum atomic E-state index is -3.59. The van der Waals surface area contributed by atoms with E-state index in [4.69, 9.17) is 16.3 Å². The SMILES string of the molecule is COc1ccc(/C(C)=N\NC(=O)C2CCN(S(=O)(=O)c3ccc(Cl)cc3)CC2)cc1. The van der Waals surface area contributed by atoms with Crippen LogP contribution >= 0.6 is 11.6 Å². The minimum absolute atomic E-state index is 0.202. The largest absolute Gasteiger partial charge is 0.497 e. The smallest absolute Gasteiger partial charge is 0.243 e. The van der Waals surface area contributed by atoms with Crippen molar-refractivity contribution >= 4 is 33.2 Å². The Bertz CT molecular complexity index is 1010. The Hall–Kier alpha value is -2.42. The van der Waals surface area contributed by atoms with Gasteiger partial charge in [-0.05, 0) is 73.9 Å². The van der Waals surface area contributed by atoms with E-state index in [1.807, 2.05) is 31.2 Å². The maximum atomic E-state index is 12.7. The summed E-state index contributed by atoms with van der Waals surface area (Å²) >= 11 is 5.84. The van der Waals surface area contributed by atoms with Crippen molar-refractivity contribution in [3.63, 3.8) is 0 Å². The molecule has 1 saturated heterocycles. The van der Waals surface area contributed by atoms with Gasteiger partial charge in [-0.3, -0.25) is 4.79 Å². The van der Waals surface area contributed by atoms with Crippen molar-refractivity contribution in [3.8, 4) is 5.75 Å². The van der Waals surface area contributed by atoms with E-state index >= 15 is 0 Å². The van der Waals surface area contributed by atoms with Crippen LogP contribution in [0.15, 0.2) is 58.5 Å². The molecule has 2 aromatic rings. The highest BCUT2D eigenvalue weighted by molar-refractivity contribution is 7.89. The van der Waals surface area contributed by atoms with Crippen LogP contribution < -0.4 is 10.2 Å². The third-order valence-corrected chi connectivity index (χ3v) is 7.28. The standard InChI is InChI=1S/C21H24ClN3O4S/c1-15(16-3-7-19(29-2)8-4-16)23-24-21(26)17-11-13-25(14-12-17)30(27,28)20-9-5-18(22)6-10-20/h3-10,17H,11-14H2,1-2H3,(H,24,26)/b23-15-. The van der Waals surface area contributed by atoms with Crippen LogP contribution in [-0.2, 0) is 14.8 Å². The van der Waals surface area contributed by atoms with Crippen LogP contribution in [0.3, 0.4) is 0 Å². The molecule has 2 aromatic carbocycles. The van der Waals surface area contributed by atoms with Crippen molar-refractivity contribution in [1.29, 1.82) is 0 Å². The highest BCUT2D eigenvalue weighted by atomic mass is 35.5. The summed E-state index contributed by atoms with van der Waals surface area (Å²) in [7, 11) is -1.99. The molecule has 160 valence electrons. The molecule has 0 aliphatic carbocycles. The van der Waals surface area contributed by atoms with Gasteiger partial charge >= 0.3 is 0 Å². The lowest BCUT2D eigenvalue weighted by Gasteiger charge is -2.30. The van der Waals surface area contributed by atoms with E-state index in [0.717, 1.165) is 11.3 Å². The molecule has 1 amide bonds. The molecular weight excluding hydrogens is 426 g/mol. The molecule has 0 bridgehead atoms. The molecule has 0 radical (unpaired) electrons. The second-order valence-corrected chi connectivity index (χ2v) is 9.41. The minimum Gasteiger partial charge on any atom is -0.497 e. The number of methoxy groups -OCH3 is 1. The van der Waals surface area contributed by atoms with Gasteiger partial charge in [0.15, 0.2) is 0 Å². The van der Waals surface area contributed by atoms with Gasteiger partial charge < -0.3 is 4.74 Å². The number of nitrogens with one attached hydrogen (secondary N) is 1. The number of sulfonamides is 1. The molecule has 3 rings (SSSR count). The maximum Gasteiger partial charge on any atom is 0.243 e. The number of ether oxygens (including phenoxy) is 1. The van der Waals surface area contributed by atoms with Gasteiger partial charge in [0, 0.05) is 24.0 Å². The second kappa shape index (κ2) is 9.59. The zero-order valence-electron chi connectivity index (χ0n) is 16.8. The maximum absolute atomic E-state index is 12.7. The lowest BCUT2D eigenvalue weighted by atomic mass is 9.98. The van der Waals surface area contributed by atoms with Crippen molar-refractivity contribution in [2.75, 3.05) is 20.2 Å². The second-order valence-electron chi connectivity index (χ2n) is 7.03. The first-order valence-corrected chi connectivity index (χ1v) is 11.4. The number of hydrogen-bond acceptors (Lipinski definition) is 5. The third kappa shape index (κ3) is 5.19. The summed E-state index contributed by atoms with van der Waals surface area (Å²) in [5, 5.41) is 4.66. The molecule has 1 aliphatic rings. The summed E-state index contributed by atoms with van der Waals surface area (Å²) in [5.74, 6) is 0.261. The molecule has 1 fully saturated rings. The summed E-state index contributed by atoms with van der Waals surface area (Å²) in [6.07, 6.45) is 0.880. The molecule has 0 spiro atoms. The summed E-state index contributed by atoms with van der Waals surface area (Å²) in [4.78, 5) is 12.7. The van der Waals surface area contributed by atoms with Crippen LogP contribution in [-0.4, -0.2) is 44.5 Å². The van der Waals surface area contributed by atoms with E-state index in [1.165, 1.54) is 16.4 Å². The van der Waals surface area contributed by atoms with E-state index in [2.05, 4.69) is 10.5 Å². The van der Waals surface area contributed by atoms with Crippen molar-refractivity contribution in [3.05, 3.63) is 59.1 Å². The van der Waals surface area contributed by atoms with E-state index < -0.39 is 10.0 Å². The molecular formula is C21H24ClN3O4S. The predicted molar refractivity (Wildman–Crippen MR) is 116 cm³/mol. The number of benzene rings is 2. The summed E-state index contributed by atoms with van der Waals surface area (Å²) < 4.78 is 32.0. The Morgan fingerprint density at radius 1 is 1.10 bits per heavy atom. The molecule has 0 aromatic heterocycles. The molecule has 0 atom stereocenters. The van der Waals surface area contributed by atoms with Crippen LogP contribution in [0.2, 0.25) is 5.02 Å². The fraction of sp³-hybridized carbons (Fsp3) is 0.333. The normalized spacial score (nSPS) is 16.3. The number of carbonyl (C=O) groups excluding carboxylic acids is 1. The fourth-order valence-electron chi connectivity index (χ4n) is 3.24. The topological polar surface area (TPSA) is 88.1 Å². The number of hydrogen-bond donors (Lipinski definition) is 1. The Balaban J connectivity index is 1.56. The zero-order chi connectivity index (χ0) is 21.7. The van der Waals surface area contributed by atoms with Crippen LogP contribution in [0.1, 0.15) is 25.3 Å². The Morgan fingerprint density at radius 2 is 1.70 bits per heavy atom. The van der Waals surface area contributed by atoms with E-state index in [1.54, 1.807) is 19.2 Å². The fourth-order valence-corrected chi connectivity index (χ4v) is 4.84. The van der Waals surface area contributed by atoms with Crippen LogP contribution in [0, 0.1) is 5.92 Å². The molecule has 0 saturated carbocycles. The summed E-state index contributed by atoms with van der Waals surface area (Å²) in [6.45, 7) is 2.37. The predicted octanol–water partition coefficient (Wildman–Crippen LogP) is 3.29. The first-order valence-electron chi connectivity index (χ1n) is 9.55. The van der Waals surface area contributed by atoms with E-state index in [9.17, 15) is 13.2 Å². The summed E-state index contributed by atoms with van der Waals surface area (Å²) in [5.41, 5.74) is 4.16. The lowest BCUT2D eigenvalue weighted by Crippen LogP contribution is -2.42. The lowest BCUT2D eigenvalue weighted by molar-refractivity contribution is -0.126. The first-order chi connectivity index (χ1) is 14.3. The molecule has 7 nitrogen and oxygen atoms in total. The van der Waals surface area contributed by atoms with Gasteiger partial charge in [0.05, 0.1) is 17.7 Å². The number of halogens is 1.